The monoisotopic (exact) mass is 347 g/mol. The van der Waals surface area contributed by atoms with Gasteiger partial charge in [-0.15, -0.1) is 10.2 Å². The van der Waals surface area contributed by atoms with Crippen LogP contribution in [0.1, 0.15) is 46.5 Å². The topological polar surface area (TPSA) is 103 Å². The van der Waals surface area contributed by atoms with E-state index in [9.17, 15) is 4.79 Å². The molecular formula is C15H17N5O3S. The maximum absolute atomic E-state index is 12.7. The average Bonchev–Trinajstić information content (AvgIpc) is 3.14. The molecule has 0 saturated heterocycles. The van der Waals surface area contributed by atoms with Gasteiger partial charge in [-0.3, -0.25) is 10.1 Å². The quantitative estimate of drug-likeness (QED) is 0.757. The summed E-state index contributed by atoms with van der Waals surface area (Å²) in [6.45, 7) is 6.14. The summed E-state index contributed by atoms with van der Waals surface area (Å²) in [5.41, 5.74) is 2.21. The SMILES string of the molecule is COCc1nnc(NC(=O)c2cc(C(C)C)nc3onc(C)c23)s1. The van der Waals surface area contributed by atoms with E-state index in [1.54, 1.807) is 20.1 Å². The van der Waals surface area contributed by atoms with E-state index in [0.29, 0.717) is 39.1 Å². The molecule has 0 saturated carbocycles. The molecule has 0 spiro atoms. The number of fused-ring (bicyclic) bond motifs is 1. The summed E-state index contributed by atoms with van der Waals surface area (Å²) in [5.74, 6) is -0.142. The lowest BCUT2D eigenvalue weighted by Crippen LogP contribution is -2.13. The van der Waals surface area contributed by atoms with Gasteiger partial charge in [0.1, 0.15) is 11.6 Å². The van der Waals surface area contributed by atoms with E-state index in [1.807, 2.05) is 13.8 Å². The molecule has 0 atom stereocenters. The molecule has 9 heteroatoms. The van der Waals surface area contributed by atoms with Crippen molar-refractivity contribution in [3.8, 4) is 0 Å². The third-order valence-electron chi connectivity index (χ3n) is 3.43. The van der Waals surface area contributed by atoms with Crippen molar-refractivity contribution >= 4 is 33.5 Å². The molecule has 1 N–H and O–H groups in total. The van der Waals surface area contributed by atoms with E-state index < -0.39 is 0 Å². The fourth-order valence-corrected chi connectivity index (χ4v) is 2.95. The van der Waals surface area contributed by atoms with Gasteiger partial charge in [-0.2, -0.15) is 0 Å². The second-order valence-corrected chi connectivity index (χ2v) is 6.65. The number of rotatable bonds is 5. The van der Waals surface area contributed by atoms with Crippen molar-refractivity contribution in [2.75, 3.05) is 12.4 Å². The van der Waals surface area contributed by atoms with Gasteiger partial charge >= 0.3 is 0 Å². The highest BCUT2D eigenvalue weighted by atomic mass is 32.1. The summed E-state index contributed by atoms with van der Waals surface area (Å²) in [5, 5.41) is 16.3. The predicted octanol–water partition coefficient (Wildman–Crippen LogP) is 2.90. The Labute approximate surface area is 142 Å². The Bertz CT molecular complexity index is 886. The standard InChI is InChI=1S/C15H17N5O3S/c1-7(2)10-5-9(12-8(3)20-23-14(12)16-10)13(21)17-15-19-18-11(24-15)6-22-4/h5,7H,6H2,1-4H3,(H,17,19,21). The Morgan fingerprint density at radius 3 is 2.92 bits per heavy atom. The van der Waals surface area contributed by atoms with Crippen LogP contribution in [-0.4, -0.2) is 33.4 Å². The fourth-order valence-electron chi connectivity index (χ4n) is 2.24. The molecule has 126 valence electrons. The first kappa shape index (κ1) is 16.5. The van der Waals surface area contributed by atoms with Gasteiger partial charge < -0.3 is 9.26 Å². The van der Waals surface area contributed by atoms with Gasteiger partial charge in [0.25, 0.3) is 11.6 Å². The Morgan fingerprint density at radius 1 is 1.42 bits per heavy atom. The van der Waals surface area contributed by atoms with Crippen LogP contribution in [0, 0.1) is 6.92 Å². The van der Waals surface area contributed by atoms with Crippen LogP contribution in [0.2, 0.25) is 0 Å². The van der Waals surface area contributed by atoms with Crippen LogP contribution >= 0.6 is 11.3 Å². The number of anilines is 1. The minimum atomic E-state index is -0.296. The number of methoxy groups -OCH3 is 1. The number of aryl methyl sites for hydroxylation is 1. The molecule has 0 aliphatic heterocycles. The van der Waals surface area contributed by atoms with Crippen LogP contribution in [0.15, 0.2) is 10.6 Å². The summed E-state index contributed by atoms with van der Waals surface area (Å²) < 4.78 is 10.2. The molecule has 3 heterocycles. The zero-order valence-electron chi connectivity index (χ0n) is 13.8. The van der Waals surface area contributed by atoms with Gasteiger partial charge in [0.2, 0.25) is 5.13 Å². The Hall–Kier alpha value is -2.39. The highest BCUT2D eigenvalue weighted by Gasteiger charge is 2.20. The van der Waals surface area contributed by atoms with E-state index >= 15 is 0 Å². The Morgan fingerprint density at radius 2 is 2.21 bits per heavy atom. The van der Waals surface area contributed by atoms with Crippen molar-refractivity contribution < 1.29 is 14.1 Å². The number of pyridine rings is 1. The van der Waals surface area contributed by atoms with Gasteiger partial charge in [0, 0.05) is 12.8 Å². The van der Waals surface area contributed by atoms with Crippen LogP contribution in [0.25, 0.3) is 11.1 Å². The number of ether oxygens (including phenoxy) is 1. The van der Waals surface area contributed by atoms with Gasteiger partial charge in [-0.05, 0) is 18.9 Å². The van der Waals surface area contributed by atoms with Crippen molar-refractivity contribution in [2.24, 2.45) is 0 Å². The fraction of sp³-hybridized carbons (Fsp3) is 0.400. The lowest BCUT2D eigenvalue weighted by Gasteiger charge is -2.08. The van der Waals surface area contributed by atoms with Crippen LogP contribution in [0.3, 0.4) is 0 Å². The van der Waals surface area contributed by atoms with Crippen LogP contribution in [0.4, 0.5) is 5.13 Å². The number of hydrogen-bond donors (Lipinski definition) is 1. The molecule has 24 heavy (non-hydrogen) atoms. The predicted molar refractivity (Wildman–Crippen MR) is 89.2 cm³/mol. The molecule has 0 aromatic carbocycles. The van der Waals surface area contributed by atoms with Crippen molar-refractivity contribution in [1.29, 1.82) is 0 Å². The molecule has 0 radical (unpaired) electrons. The Balaban J connectivity index is 1.97. The second-order valence-electron chi connectivity index (χ2n) is 5.59. The lowest BCUT2D eigenvalue weighted by atomic mass is 10.0. The highest BCUT2D eigenvalue weighted by molar-refractivity contribution is 7.15. The summed E-state index contributed by atoms with van der Waals surface area (Å²) in [6.07, 6.45) is 0. The van der Waals surface area contributed by atoms with Crippen molar-refractivity contribution in [3.05, 3.63) is 28.0 Å². The largest absolute Gasteiger partial charge is 0.377 e. The van der Waals surface area contributed by atoms with Crippen molar-refractivity contribution in [2.45, 2.75) is 33.3 Å². The van der Waals surface area contributed by atoms with E-state index in [-0.39, 0.29) is 11.8 Å². The molecule has 0 bridgehead atoms. The minimum absolute atomic E-state index is 0.154. The molecule has 0 unspecified atom stereocenters. The molecule has 1 amide bonds. The first-order valence-electron chi connectivity index (χ1n) is 7.39. The molecular weight excluding hydrogens is 330 g/mol. The number of amides is 1. The molecule has 8 nitrogen and oxygen atoms in total. The smallest absolute Gasteiger partial charge is 0.259 e. The average molecular weight is 347 g/mol. The maximum atomic E-state index is 12.7. The third-order valence-corrected chi connectivity index (χ3v) is 4.24. The zero-order chi connectivity index (χ0) is 17.3. The number of carbonyl (C=O) groups excluding carboxylic acids is 1. The molecule has 0 fully saturated rings. The van der Waals surface area contributed by atoms with Gasteiger partial charge in [-0.25, -0.2) is 4.98 Å². The number of carbonyl (C=O) groups is 1. The molecule has 3 aromatic heterocycles. The summed E-state index contributed by atoms with van der Waals surface area (Å²) >= 11 is 1.27. The van der Waals surface area contributed by atoms with Crippen LogP contribution < -0.4 is 5.32 Å². The van der Waals surface area contributed by atoms with E-state index in [2.05, 4.69) is 25.7 Å². The molecule has 0 aliphatic carbocycles. The highest BCUT2D eigenvalue weighted by Crippen LogP contribution is 2.26. The van der Waals surface area contributed by atoms with Crippen LogP contribution in [-0.2, 0) is 11.3 Å². The van der Waals surface area contributed by atoms with E-state index in [1.165, 1.54) is 11.3 Å². The van der Waals surface area contributed by atoms with Gasteiger partial charge in [0.05, 0.1) is 16.6 Å². The van der Waals surface area contributed by atoms with E-state index in [4.69, 9.17) is 9.26 Å². The number of aromatic nitrogens is 4. The number of nitrogens with zero attached hydrogens (tertiary/aromatic N) is 4. The second kappa shape index (κ2) is 6.62. The van der Waals surface area contributed by atoms with Crippen molar-refractivity contribution in [1.82, 2.24) is 20.3 Å². The Kier molecular flexibility index (Phi) is 4.54. The van der Waals surface area contributed by atoms with Crippen LogP contribution in [0.5, 0.6) is 0 Å². The molecule has 3 rings (SSSR count). The summed E-state index contributed by atoms with van der Waals surface area (Å²) in [4.78, 5) is 17.1. The maximum Gasteiger partial charge on any atom is 0.259 e. The summed E-state index contributed by atoms with van der Waals surface area (Å²) in [6, 6.07) is 1.77. The third kappa shape index (κ3) is 3.13. The van der Waals surface area contributed by atoms with Crippen molar-refractivity contribution in [3.63, 3.8) is 0 Å². The number of nitrogens with one attached hydrogen (secondary N) is 1. The van der Waals surface area contributed by atoms with E-state index in [0.717, 1.165) is 5.69 Å². The molecule has 3 aromatic rings. The van der Waals surface area contributed by atoms with Gasteiger partial charge in [-0.1, -0.05) is 30.3 Å². The minimum Gasteiger partial charge on any atom is -0.377 e. The lowest BCUT2D eigenvalue weighted by molar-refractivity contribution is 0.102. The molecule has 0 aliphatic rings. The zero-order valence-corrected chi connectivity index (χ0v) is 14.6. The first-order chi connectivity index (χ1) is 11.5. The number of hydrogen-bond acceptors (Lipinski definition) is 8. The summed E-state index contributed by atoms with van der Waals surface area (Å²) in [7, 11) is 1.58. The normalized spacial score (nSPS) is 11.4. The van der Waals surface area contributed by atoms with Gasteiger partial charge in [0.15, 0.2) is 0 Å². The first-order valence-corrected chi connectivity index (χ1v) is 8.20.